The molecule has 0 aliphatic heterocycles. The molecule has 3 aromatic carbocycles. The highest BCUT2D eigenvalue weighted by Crippen LogP contribution is 2.23. The molecule has 0 saturated carbocycles. The van der Waals surface area contributed by atoms with Crippen molar-refractivity contribution >= 4 is 51.9 Å². The molecular formula is C25H23ClN2O5. The Morgan fingerprint density at radius 2 is 1.76 bits per heavy atom. The van der Waals surface area contributed by atoms with E-state index in [1.54, 1.807) is 38.3 Å². The molecule has 0 fully saturated rings. The first kappa shape index (κ1) is 23.8. The molecule has 2 amide bonds. The zero-order valence-corrected chi connectivity index (χ0v) is 18.9. The van der Waals surface area contributed by atoms with Gasteiger partial charge in [0.1, 0.15) is 5.75 Å². The number of fused-ring (bicyclic) bond motifs is 1. The Morgan fingerprint density at radius 1 is 1.00 bits per heavy atom. The van der Waals surface area contributed by atoms with Gasteiger partial charge in [-0.25, -0.2) is 4.79 Å². The van der Waals surface area contributed by atoms with Gasteiger partial charge in [0, 0.05) is 16.8 Å². The quantitative estimate of drug-likeness (QED) is 0.384. The summed E-state index contributed by atoms with van der Waals surface area (Å²) < 4.78 is 10.1. The smallest absolute Gasteiger partial charge is 0.331 e. The van der Waals surface area contributed by atoms with E-state index < -0.39 is 24.4 Å². The van der Waals surface area contributed by atoms with Crippen LogP contribution in [0.3, 0.4) is 0 Å². The number of halogens is 1. The van der Waals surface area contributed by atoms with E-state index in [0.717, 1.165) is 27.6 Å². The molecule has 0 unspecified atom stereocenters. The molecule has 3 aromatic rings. The summed E-state index contributed by atoms with van der Waals surface area (Å²) in [6.07, 6.45) is 2.84. The Kier molecular flexibility index (Phi) is 8.05. The lowest BCUT2D eigenvalue weighted by Gasteiger charge is -2.10. The fourth-order valence-corrected chi connectivity index (χ4v) is 3.16. The summed E-state index contributed by atoms with van der Waals surface area (Å²) in [5, 5.41) is 7.60. The number of carbonyl (C=O) groups excluding carboxylic acids is 3. The normalized spacial score (nSPS) is 10.8. The van der Waals surface area contributed by atoms with Gasteiger partial charge in [0.15, 0.2) is 6.61 Å². The molecule has 0 radical (unpaired) electrons. The van der Waals surface area contributed by atoms with Gasteiger partial charge in [-0.05, 0) is 65.2 Å². The van der Waals surface area contributed by atoms with Gasteiger partial charge in [0.2, 0.25) is 5.91 Å². The number of amides is 2. The SMILES string of the molecule is COc1ccc2cc(/C=C/C(=O)OCC(=O)NCC(=O)Nc3cccc(Cl)c3C)ccc2c1. The number of esters is 1. The molecule has 0 heterocycles. The Hall–Kier alpha value is -3.84. The van der Waals surface area contributed by atoms with Crippen molar-refractivity contribution in [3.05, 3.63) is 76.8 Å². The van der Waals surface area contributed by atoms with Crippen LogP contribution in [0, 0.1) is 6.92 Å². The van der Waals surface area contributed by atoms with Crippen LogP contribution >= 0.6 is 11.6 Å². The van der Waals surface area contributed by atoms with Crippen LogP contribution in [0.15, 0.2) is 60.7 Å². The second kappa shape index (κ2) is 11.2. The molecule has 8 heteroatoms. The number of nitrogens with one attached hydrogen (secondary N) is 2. The maximum absolute atomic E-state index is 12.0. The summed E-state index contributed by atoms with van der Waals surface area (Å²) >= 11 is 6.02. The molecule has 2 N–H and O–H groups in total. The Labute approximate surface area is 196 Å². The number of ether oxygens (including phenoxy) is 2. The first-order chi connectivity index (χ1) is 15.9. The summed E-state index contributed by atoms with van der Waals surface area (Å²) in [5.41, 5.74) is 2.10. The summed E-state index contributed by atoms with van der Waals surface area (Å²) in [5.74, 6) is -0.910. The molecule has 0 aliphatic rings. The zero-order chi connectivity index (χ0) is 23.8. The van der Waals surface area contributed by atoms with E-state index in [2.05, 4.69) is 10.6 Å². The predicted octanol–water partition coefficient (Wildman–Crippen LogP) is 4.12. The van der Waals surface area contributed by atoms with Crippen molar-refractivity contribution in [3.63, 3.8) is 0 Å². The largest absolute Gasteiger partial charge is 0.497 e. The maximum Gasteiger partial charge on any atom is 0.331 e. The minimum atomic E-state index is -0.668. The molecule has 7 nitrogen and oxygen atoms in total. The lowest BCUT2D eigenvalue weighted by molar-refractivity contribution is -0.143. The number of hydrogen-bond acceptors (Lipinski definition) is 5. The fraction of sp³-hybridized carbons (Fsp3) is 0.160. The third-order valence-corrected chi connectivity index (χ3v) is 5.23. The first-order valence-corrected chi connectivity index (χ1v) is 10.5. The Morgan fingerprint density at radius 3 is 2.55 bits per heavy atom. The van der Waals surface area contributed by atoms with Crippen LogP contribution in [0.25, 0.3) is 16.8 Å². The molecule has 0 bridgehead atoms. The molecule has 3 rings (SSSR count). The molecule has 0 aromatic heterocycles. The van der Waals surface area contributed by atoms with Crippen molar-refractivity contribution in [2.75, 3.05) is 25.6 Å². The van der Waals surface area contributed by atoms with Crippen LogP contribution in [0.1, 0.15) is 11.1 Å². The van der Waals surface area contributed by atoms with Crippen molar-refractivity contribution < 1.29 is 23.9 Å². The van der Waals surface area contributed by atoms with Crippen LogP contribution in [-0.4, -0.2) is 38.0 Å². The highest BCUT2D eigenvalue weighted by molar-refractivity contribution is 6.31. The molecule has 0 saturated heterocycles. The van der Waals surface area contributed by atoms with Gasteiger partial charge in [-0.15, -0.1) is 0 Å². The average molecular weight is 467 g/mol. The summed E-state index contributed by atoms with van der Waals surface area (Å²) in [7, 11) is 1.61. The van der Waals surface area contributed by atoms with Gasteiger partial charge in [0.05, 0.1) is 13.7 Å². The van der Waals surface area contributed by atoms with Crippen LogP contribution in [0.5, 0.6) is 5.75 Å². The van der Waals surface area contributed by atoms with Gasteiger partial charge in [-0.2, -0.15) is 0 Å². The van der Waals surface area contributed by atoms with Crippen LogP contribution in [-0.2, 0) is 19.1 Å². The van der Waals surface area contributed by atoms with E-state index in [1.165, 1.54) is 6.08 Å². The molecule has 170 valence electrons. The first-order valence-electron chi connectivity index (χ1n) is 10.1. The van der Waals surface area contributed by atoms with E-state index in [-0.39, 0.29) is 6.54 Å². The van der Waals surface area contributed by atoms with E-state index in [9.17, 15) is 14.4 Å². The highest BCUT2D eigenvalue weighted by Gasteiger charge is 2.10. The standard InChI is InChI=1S/C25H23ClN2O5/c1-16-21(26)4-3-5-22(16)28-23(29)14-27-24(30)15-33-25(31)11-7-17-6-8-19-13-20(32-2)10-9-18(19)12-17/h3-13H,14-15H2,1-2H3,(H,27,30)(H,28,29)/b11-7+. The second-order valence-electron chi connectivity index (χ2n) is 7.15. The summed E-state index contributed by atoms with van der Waals surface area (Å²) in [6, 6.07) is 16.6. The van der Waals surface area contributed by atoms with Crippen molar-refractivity contribution in [2.45, 2.75) is 6.92 Å². The monoisotopic (exact) mass is 466 g/mol. The minimum absolute atomic E-state index is 0.264. The third-order valence-electron chi connectivity index (χ3n) is 4.82. The second-order valence-corrected chi connectivity index (χ2v) is 7.56. The molecule has 0 spiro atoms. The van der Waals surface area contributed by atoms with E-state index in [0.29, 0.717) is 10.7 Å². The summed E-state index contributed by atoms with van der Waals surface area (Å²) in [4.78, 5) is 35.8. The predicted molar refractivity (Wildman–Crippen MR) is 128 cm³/mol. The van der Waals surface area contributed by atoms with Crippen LogP contribution in [0.4, 0.5) is 5.69 Å². The average Bonchev–Trinajstić information content (AvgIpc) is 2.82. The van der Waals surface area contributed by atoms with E-state index in [1.807, 2.05) is 36.4 Å². The number of rotatable bonds is 8. The number of hydrogen-bond donors (Lipinski definition) is 2. The van der Waals surface area contributed by atoms with Gasteiger partial charge >= 0.3 is 5.97 Å². The van der Waals surface area contributed by atoms with Crippen molar-refractivity contribution in [1.82, 2.24) is 5.32 Å². The molecular weight excluding hydrogens is 444 g/mol. The van der Waals surface area contributed by atoms with Crippen molar-refractivity contribution in [1.29, 1.82) is 0 Å². The number of methoxy groups -OCH3 is 1. The van der Waals surface area contributed by atoms with Crippen LogP contribution < -0.4 is 15.4 Å². The van der Waals surface area contributed by atoms with Crippen LogP contribution in [0.2, 0.25) is 5.02 Å². The van der Waals surface area contributed by atoms with Crippen molar-refractivity contribution in [2.24, 2.45) is 0 Å². The van der Waals surface area contributed by atoms with Gasteiger partial charge < -0.3 is 20.1 Å². The number of benzene rings is 3. The molecule has 33 heavy (non-hydrogen) atoms. The molecule has 0 atom stereocenters. The van der Waals surface area contributed by atoms with E-state index >= 15 is 0 Å². The molecule has 0 aliphatic carbocycles. The summed E-state index contributed by atoms with van der Waals surface area (Å²) in [6.45, 7) is 1.02. The zero-order valence-electron chi connectivity index (χ0n) is 18.2. The lowest BCUT2D eigenvalue weighted by Crippen LogP contribution is -2.35. The number of carbonyl (C=O) groups is 3. The maximum atomic E-state index is 12.0. The highest BCUT2D eigenvalue weighted by atomic mass is 35.5. The van der Waals surface area contributed by atoms with Crippen molar-refractivity contribution in [3.8, 4) is 5.75 Å². The number of anilines is 1. The van der Waals surface area contributed by atoms with Gasteiger partial charge in [0.25, 0.3) is 5.91 Å². The third kappa shape index (κ3) is 6.82. The Bertz CT molecular complexity index is 1220. The fourth-order valence-electron chi connectivity index (χ4n) is 2.99. The minimum Gasteiger partial charge on any atom is -0.497 e. The van der Waals surface area contributed by atoms with Gasteiger partial charge in [-0.3, -0.25) is 9.59 Å². The van der Waals surface area contributed by atoms with E-state index in [4.69, 9.17) is 21.1 Å². The topological polar surface area (TPSA) is 93.7 Å². The lowest BCUT2D eigenvalue weighted by atomic mass is 10.1. The van der Waals surface area contributed by atoms with Gasteiger partial charge in [-0.1, -0.05) is 35.9 Å². The Balaban J connectivity index is 1.44.